The molecule has 28 heavy (non-hydrogen) atoms. The molecule has 0 saturated carbocycles. The molecule has 0 saturated heterocycles. The Morgan fingerprint density at radius 3 is 2.32 bits per heavy atom. The van der Waals surface area contributed by atoms with E-state index < -0.39 is 0 Å². The molecular formula is C22H24N4O2. The molecule has 2 N–H and O–H groups in total. The second kappa shape index (κ2) is 8.52. The van der Waals surface area contributed by atoms with E-state index in [1.165, 1.54) is 6.20 Å². The lowest BCUT2D eigenvalue weighted by atomic mass is 10.1. The number of nitrogens with zero attached hydrogens (tertiary/aromatic N) is 2. The van der Waals surface area contributed by atoms with Crippen molar-refractivity contribution in [2.24, 2.45) is 0 Å². The summed E-state index contributed by atoms with van der Waals surface area (Å²) in [6.07, 6.45) is 3.02. The molecule has 0 aliphatic carbocycles. The molecular weight excluding hydrogens is 352 g/mol. The molecule has 144 valence electrons. The minimum Gasteiger partial charge on any atom is -0.489 e. The second-order valence-electron chi connectivity index (χ2n) is 6.80. The molecule has 1 aromatic heterocycles. The first kappa shape index (κ1) is 19.4. The number of rotatable bonds is 6. The molecule has 0 radical (unpaired) electrons. The molecule has 0 spiro atoms. The van der Waals surface area contributed by atoms with Gasteiger partial charge >= 0.3 is 0 Å². The monoisotopic (exact) mass is 376 g/mol. The number of carbonyl (C=O) groups is 1. The van der Waals surface area contributed by atoms with E-state index in [4.69, 9.17) is 4.74 Å². The van der Waals surface area contributed by atoms with E-state index in [0.717, 1.165) is 16.8 Å². The highest BCUT2D eigenvalue weighted by Crippen LogP contribution is 2.26. The first-order valence-electron chi connectivity index (χ1n) is 9.16. The van der Waals surface area contributed by atoms with E-state index in [2.05, 4.69) is 20.6 Å². The van der Waals surface area contributed by atoms with Crippen molar-refractivity contribution in [1.29, 1.82) is 0 Å². The highest BCUT2D eigenvalue weighted by atomic mass is 16.5. The lowest BCUT2D eigenvalue weighted by Gasteiger charge is -2.14. The van der Waals surface area contributed by atoms with E-state index in [0.29, 0.717) is 17.3 Å². The third kappa shape index (κ3) is 4.65. The summed E-state index contributed by atoms with van der Waals surface area (Å²) in [4.78, 5) is 21.1. The standard InChI is InChI=1S/C22H24N4O2/c1-14(2)28-19-11-6-5-10-17(19)25-22(27)18-12-24-20(13-23-18)26-21-15(3)8-7-9-16(21)4/h5-14H,1-4H3,(H,24,26)(H,25,27). The molecule has 0 aliphatic rings. The summed E-state index contributed by atoms with van der Waals surface area (Å²) < 4.78 is 5.73. The molecule has 1 amide bonds. The van der Waals surface area contributed by atoms with Crippen LogP contribution >= 0.6 is 0 Å². The van der Waals surface area contributed by atoms with Gasteiger partial charge in [0.1, 0.15) is 17.3 Å². The topological polar surface area (TPSA) is 76.1 Å². The lowest BCUT2D eigenvalue weighted by Crippen LogP contribution is -2.16. The molecule has 2 aromatic carbocycles. The van der Waals surface area contributed by atoms with Gasteiger partial charge < -0.3 is 15.4 Å². The Morgan fingerprint density at radius 1 is 0.964 bits per heavy atom. The predicted octanol–water partition coefficient (Wildman–Crippen LogP) is 4.88. The third-order valence-electron chi connectivity index (χ3n) is 4.12. The largest absolute Gasteiger partial charge is 0.489 e. The van der Waals surface area contributed by atoms with E-state index >= 15 is 0 Å². The number of para-hydroxylation sites is 3. The van der Waals surface area contributed by atoms with Crippen LogP contribution in [0, 0.1) is 13.8 Å². The number of ether oxygens (including phenoxy) is 1. The van der Waals surface area contributed by atoms with Crippen LogP contribution in [0.1, 0.15) is 35.5 Å². The maximum absolute atomic E-state index is 12.5. The quantitative estimate of drug-likeness (QED) is 0.641. The van der Waals surface area contributed by atoms with Crippen molar-refractivity contribution < 1.29 is 9.53 Å². The van der Waals surface area contributed by atoms with Crippen molar-refractivity contribution in [1.82, 2.24) is 9.97 Å². The first-order valence-corrected chi connectivity index (χ1v) is 9.16. The molecule has 0 bridgehead atoms. The molecule has 0 atom stereocenters. The zero-order chi connectivity index (χ0) is 20.1. The number of benzene rings is 2. The average molecular weight is 376 g/mol. The Hall–Kier alpha value is -3.41. The molecule has 0 fully saturated rings. The minimum absolute atomic E-state index is 0.00750. The fourth-order valence-electron chi connectivity index (χ4n) is 2.76. The van der Waals surface area contributed by atoms with Crippen LogP contribution in [0.15, 0.2) is 54.9 Å². The number of aryl methyl sites for hydroxylation is 2. The molecule has 3 rings (SSSR count). The number of carbonyl (C=O) groups excluding carboxylic acids is 1. The fraction of sp³-hybridized carbons (Fsp3) is 0.227. The summed E-state index contributed by atoms with van der Waals surface area (Å²) in [7, 11) is 0. The minimum atomic E-state index is -0.342. The van der Waals surface area contributed by atoms with Gasteiger partial charge in [-0.3, -0.25) is 4.79 Å². The highest BCUT2D eigenvalue weighted by molar-refractivity contribution is 6.03. The van der Waals surface area contributed by atoms with Crippen LogP contribution in [0.3, 0.4) is 0 Å². The molecule has 0 unspecified atom stereocenters. The highest BCUT2D eigenvalue weighted by Gasteiger charge is 2.13. The zero-order valence-corrected chi connectivity index (χ0v) is 16.5. The van der Waals surface area contributed by atoms with Gasteiger partial charge in [-0.05, 0) is 51.0 Å². The number of aromatic nitrogens is 2. The number of hydrogen-bond donors (Lipinski definition) is 2. The smallest absolute Gasteiger partial charge is 0.275 e. The van der Waals surface area contributed by atoms with Crippen molar-refractivity contribution in [3.05, 3.63) is 71.7 Å². The Bertz CT molecular complexity index is 948. The van der Waals surface area contributed by atoms with Crippen LogP contribution in [0.2, 0.25) is 0 Å². The van der Waals surface area contributed by atoms with Crippen LogP contribution in [-0.2, 0) is 0 Å². The van der Waals surface area contributed by atoms with Gasteiger partial charge in [0.05, 0.1) is 24.2 Å². The van der Waals surface area contributed by atoms with Crippen LogP contribution in [0.4, 0.5) is 17.2 Å². The molecule has 6 heteroatoms. The van der Waals surface area contributed by atoms with Crippen molar-refractivity contribution in [3.8, 4) is 5.75 Å². The van der Waals surface area contributed by atoms with Crippen molar-refractivity contribution in [3.63, 3.8) is 0 Å². The summed E-state index contributed by atoms with van der Waals surface area (Å²) in [5, 5.41) is 6.09. The van der Waals surface area contributed by atoms with Crippen LogP contribution in [-0.4, -0.2) is 22.0 Å². The van der Waals surface area contributed by atoms with Gasteiger partial charge in [-0.1, -0.05) is 30.3 Å². The van der Waals surface area contributed by atoms with Crippen LogP contribution < -0.4 is 15.4 Å². The number of nitrogens with one attached hydrogen (secondary N) is 2. The average Bonchev–Trinajstić information content (AvgIpc) is 2.66. The summed E-state index contributed by atoms with van der Waals surface area (Å²) >= 11 is 0. The van der Waals surface area contributed by atoms with E-state index in [-0.39, 0.29) is 17.7 Å². The van der Waals surface area contributed by atoms with Crippen molar-refractivity contribution in [2.75, 3.05) is 10.6 Å². The molecule has 3 aromatic rings. The first-order chi connectivity index (χ1) is 13.4. The second-order valence-corrected chi connectivity index (χ2v) is 6.80. The van der Waals surface area contributed by atoms with Gasteiger partial charge in [0.25, 0.3) is 5.91 Å². The Labute approximate surface area is 165 Å². The van der Waals surface area contributed by atoms with Crippen molar-refractivity contribution >= 4 is 23.1 Å². The third-order valence-corrected chi connectivity index (χ3v) is 4.12. The van der Waals surface area contributed by atoms with Crippen LogP contribution in [0.25, 0.3) is 0 Å². The maximum Gasteiger partial charge on any atom is 0.275 e. The zero-order valence-electron chi connectivity index (χ0n) is 16.5. The van der Waals surface area contributed by atoms with Gasteiger partial charge in [0, 0.05) is 5.69 Å². The van der Waals surface area contributed by atoms with E-state index in [1.54, 1.807) is 12.3 Å². The normalized spacial score (nSPS) is 10.6. The van der Waals surface area contributed by atoms with Gasteiger partial charge in [-0.25, -0.2) is 9.97 Å². The Balaban J connectivity index is 1.73. The van der Waals surface area contributed by atoms with Gasteiger partial charge in [0.2, 0.25) is 0 Å². The number of amides is 1. The Morgan fingerprint density at radius 2 is 1.68 bits per heavy atom. The van der Waals surface area contributed by atoms with Crippen molar-refractivity contribution in [2.45, 2.75) is 33.8 Å². The van der Waals surface area contributed by atoms with E-state index in [9.17, 15) is 4.79 Å². The molecule has 6 nitrogen and oxygen atoms in total. The predicted molar refractivity (Wildman–Crippen MR) is 111 cm³/mol. The molecule has 1 heterocycles. The van der Waals surface area contributed by atoms with Gasteiger partial charge in [0.15, 0.2) is 0 Å². The SMILES string of the molecule is Cc1cccc(C)c1Nc1cnc(C(=O)Nc2ccccc2OC(C)C)cn1. The van der Waals surface area contributed by atoms with E-state index in [1.807, 2.05) is 64.1 Å². The maximum atomic E-state index is 12.5. The number of anilines is 3. The summed E-state index contributed by atoms with van der Waals surface area (Å²) in [6, 6.07) is 13.4. The lowest BCUT2D eigenvalue weighted by molar-refractivity contribution is 0.102. The number of hydrogen-bond acceptors (Lipinski definition) is 5. The summed E-state index contributed by atoms with van der Waals surface area (Å²) in [5.41, 5.74) is 4.05. The van der Waals surface area contributed by atoms with Crippen LogP contribution in [0.5, 0.6) is 5.75 Å². The summed E-state index contributed by atoms with van der Waals surface area (Å²) in [5.74, 6) is 0.857. The van der Waals surface area contributed by atoms with Gasteiger partial charge in [-0.15, -0.1) is 0 Å². The van der Waals surface area contributed by atoms with Gasteiger partial charge in [-0.2, -0.15) is 0 Å². The Kier molecular flexibility index (Phi) is 5.89. The fourth-order valence-corrected chi connectivity index (χ4v) is 2.76. The molecule has 0 aliphatic heterocycles. The summed E-state index contributed by atoms with van der Waals surface area (Å²) in [6.45, 7) is 7.93.